The second kappa shape index (κ2) is 7.40. The molecule has 1 aliphatic rings. The minimum atomic E-state index is 0.766. The number of rotatable bonds is 6. The number of aromatic nitrogens is 2. The van der Waals surface area contributed by atoms with Crippen molar-refractivity contribution in [2.24, 2.45) is 0 Å². The van der Waals surface area contributed by atoms with Gasteiger partial charge >= 0.3 is 0 Å². The average molecular weight is 279 g/mol. The van der Waals surface area contributed by atoms with E-state index in [1.165, 1.54) is 0 Å². The lowest BCUT2D eigenvalue weighted by Crippen LogP contribution is -2.44. The van der Waals surface area contributed by atoms with Crippen LogP contribution in [-0.2, 0) is 4.74 Å². The largest absolute Gasteiger partial charge is 0.385 e. The van der Waals surface area contributed by atoms with E-state index in [1.54, 1.807) is 7.11 Å². The molecule has 2 heterocycles. The molecule has 20 heavy (non-hydrogen) atoms. The summed E-state index contributed by atoms with van der Waals surface area (Å²) in [6.07, 6.45) is 0.976. The van der Waals surface area contributed by atoms with Crippen molar-refractivity contribution >= 4 is 11.6 Å². The molecule has 0 amide bonds. The first kappa shape index (κ1) is 15.0. The highest BCUT2D eigenvalue weighted by Gasteiger charge is 2.16. The van der Waals surface area contributed by atoms with Gasteiger partial charge in [-0.1, -0.05) is 0 Å². The summed E-state index contributed by atoms with van der Waals surface area (Å²) in [5.41, 5.74) is 0. The minimum absolute atomic E-state index is 0.766. The van der Waals surface area contributed by atoms with Crippen LogP contribution in [0.25, 0.3) is 0 Å². The Morgan fingerprint density at radius 3 is 2.70 bits per heavy atom. The Labute approximate surface area is 121 Å². The van der Waals surface area contributed by atoms with E-state index < -0.39 is 0 Å². The van der Waals surface area contributed by atoms with Crippen molar-refractivity contribution in [2.45, 2.75) is 13.3 Å². The Kier molecular flexibility index (Phi) is 5.55. The van der Waals surface area contributed by atoms with Gasteiger partial charge in [-0.15, -0.1) is 0 Å². The molecule has 1 aromatic rings. The summed E-state index contributed by atoms with van der Waals surface area (Å²) in [7, 11) is 3.88. The molecule has 0 bridgehead atoms. The maximum Gasteiger partial charge on any atom is 0.134 e. The van der Waals surface area contributed by atoms with Gasteiger partial charge in [-0.3, -0.25) is 0 Å². The van der Waals surface area contributed by atoms with Crippen LogP contribution in [0.5, 0.6) is 0 Å². The zero-order chi connectivity index (χ0) is 14.4. The number of likely N-dealkylation sites (N-methyl/N-ethyl adjacent to an activating group) is 1. The van der Waals surface area contributed by atoms with E-state index in [0.717, 1.165) is 63.2 Å². The summed E-state index contributed by atoms with van der Waals surface area (Å²) in [6.45, 7) is 7.79. The van der Waals surface area contributed by atoms with Crippen molar-refractivity contribution in [3.63, 3.8) is 0 Å². The van der Waals surface area contributed by atoms with Crippen LogP contribution in [0.4, 0.5) is 11.6 Å². The summed E-state index contributed by atoms with van der Waals surface area (Å²) in [6, 6.07) is 2.05. The monoisotopic (exact) mass is 279 g/mol. The van der Waals surface area contributed by atoms with Gasteiger partial charge in [-0.25, -0.2) is 9.97 Å². The molecule has 1 aromatic heterocycles. The Hall–Kier alpha value is -1.40. The van der Waals surface area contributed by atoms with Crippen LogP contribution in [0.3, 0.4) is 0 Å². The van der Waals surface area contributed by atoms with Crippen LogP contribution >= 0.6 is 0 Å². The number of hydrogen-bond acceptors (Lipinski definition) is 6. The Morgan fingerprint density at radius 2 is 2.00 bits per heavy atom. The van der Waals surface area contributed by atoms with Crippen LogP contribution in [0.2, 0.25) is 0 Å². The third-order valence-electron chi connectivity index (χ3n) is 3.48. The first-order valence-electron chi connectivity index (χ1n) is 7.21. The fourth-order valence-electron chi connectivity index (χ4n) is 2.27. The summed E-state index contributed by atoms with van der Waals surface area (Å²) in [5.74, 6) is 2.75. The molecule has 1 saturated heterocycles. The number of nitrogens with zero attached hydrogens (tertiary/aromatic N) is 4. The number of methoxy groups -OCH3 is 1. The number of piperazine rings is 1. The molecule has 1 N–H and O–H groups in total. The molecule has 1 aliphatic heterocycles. The maximum absolute atomic E-state index is 5.05. The lowest BCUT2D eigenvalue weighted by Gasteiger charge is -2.33. The first-order valence-corrected chi connectivity index (χ1v) is 7.21. The highest BCUT2D eigenvalue weighted by Crippen LogP contribution is 2.17. The quantitative estimate of drug-likeness (QED) is 0.784. The normalized spacial score (nSPS) is 16.4. The van der Waals surface area contributed by atoms with Gasteiger partial charge < -0.3 is 19.9 Å². The van der Waals surface area contributed by atoms with Gasteiger partial charge in [0.1, 0.15) is 17.5 Å². The molecule has 1 fully saturated rings. The molecular formula is C14H25N5O. The second-order valence-corrected chi connectivity index (χ2v) is 5.22. The highest BCUT2D eigenvalue weighted by molar-refractivity contribution is 5.49. The van der Waals surface area contributed by atoms with Crippen LogP contribution in [0.15, 0.2) is 6.07 Å². The molecular weight excluding hydrogens is 254 g/mol. The van der Waals surface area contributed by atoms with Crippen molar-refractivity contribution in [1.82, 2.24) is 14.9 Å². The van der Waals surface area contributed by atoms with Gasteiger partial charge in [0.25, 0.3) is 0 Å². The zero-order valence-electron chi connectivity index (χ0n) is 12.7. The zero-order valence-corrected chi connectivity index (χ0v) is 12.7. The van der Waals surface area contributed by atoms with Crippen LogP contribution in [0.1, 0.15) is 12.2 Å². The van der Waals surface area contributed by atoms with Gasteiger partial charge in [-0.05, 0) is 20.4 Å². The lowest BCUT2D eigenvalue weighted by atomic mass is 10.3. The van der Waals surface area contributed by atoms with E-state index in [2.05, 4.69) is 32.1 Å². The smallest absolute Gasteiger partial charge is 0.134 e. The van der Waals surface area contributed by atoms with Crippen LogP contribution in [-0.4, -0.2) is 68.4 Å². The molecule has 0 unspecified atom stereocenters. The average Bonchev–Trinajstić information content (AvgIpc) is 2.44. The number of nitrogens with one attached hydrogen (secondary N) is 1. The number of ether oxygens (including phenoxy) is 1. The third-order valence-corrected chi connectivity index (χ3v) is 3.48. The van der Waals surface area contributed by atoms with Crippen molar-refractivity contribution in [3.8, 4) is 0 Å². The summed E-state index contributed by atoms with van der Waals surface area (Å²) in [5, 5.41) is 3.34. The third kappa shape index (κ3) is 4.31. The maximum atomic E-state index is 5.05. The van der Waals surface area contributed by atoms with Crippen molar-refractivity contribution < 1.29 is 4.74 Å². The number of hydrogen-bond donors (Lipinski definition) is 1. The van der Waals surface area contributed by atoms with E-state index in [0.29, 0.717) is 0 Å². The molecule has 0 saturated carbocycles. The standard InChI is InChI=1S/C14H25N5O/c1-12-16-13(15-5-4-10-20-3)11-14(17-12)19-8-6-18(2)7-9-19/h11H,4-10H2,1-3H3,(H,15,16,17). The highest BCUT2D eigenvalue weighted by atomic mass is 16.5. The molecule has 0 aromatic carbocycles. The lowest BCUT2D eigenvalue weighted by molar-refractivity contribution is 0.198. The van der Waals surface area contributed by atoms with E-state index in [1.807, 2.05) is 13.0 Å². The predicted molar refractivity (Wildman–Crippen MR) is 81.5 cm³/mol. The van der Waals surface area contributed by atoms with E-state index in [4.69, 9.17) is 4.74 Å². The Bertz CT molecular complexity index is 418. The van der Waals surface area contributed by atoms with Crippen molar-refractivity contribution in [3.05, 3.63) is 11.9 Å². The molecule has 0 spiro atoms. The Balaban J connectivity index is 1.97. The fraction of sp³-hybridized carbons (Fsp3) is 0.714. The number of aryl methyl sites for hydroxylation is 1. The summed E-state index contributed by atoms with van der Waals surface area (Å²) < 4.78 is 5.05. The molecule has 112 valence electrons. The summed E-state index contributed by atoms with van der Waals surface area (Å²) >= 11 is 0. The summed E-state index contributed by atoms with van der Waals surface area (Å²) in [4.78, 5) is 13.7. The predicted octanol–water partition coefficient (Wildman–Crippen LogP) is 0.985. The number of anilines is 2. The van der Waals surface area contributed by atoms with E-state index in [-0.39, 0.29) is 0 Å². The molecule has 0 aliphatic carbocycles. The molecule has 6 heteroatoms. The molecule has 2 rings (SSSR count). The molecule has 0 radical (unpaired) electrons. The van der Waals surface area contributed by atoms with Gasteiger partial charge in [0, 0.05) is 52.5 Å². The Morgan fingerprint density at radius 1 is 1.25 bits per heavy atom. The van der Waals surface area contributed by atoms with Crippen molar-refractivity contribution in [2.75, 3.05) is 63.7 Å². The second-order valence-electron chi connectivity index (χ2n) is 5.22. The van der Waals surface area contributed by atoms with Gasteiger partial charge in [-0.2, -0.15) is 0 Å². The van der Waals surface area contributed by atoms with Gasteiger partial charge in [0.05, 0.1) is 0 Å². The van der Waals surface area contributed by atoms with E-state index >= 15 is 0 Å². The minimum Gasteiger partial charge on any atom is -0.385 e. The fourth-order valence-corrected chi connectivity index (χ4v) is 2.27. The first-order chi connectivity index (χ1) is 9.69. The van der Waals surface area contributed by atoms with E-state index in [9.17, 15) is 0 Å². The topological polar surface area (TPSA) is 53.5 Å². The van der Waals surface area contributed by atoms with Crippen molar-refractivity contribution in [1.29, 1.82) is 0 Å². The van der Waals surface area contributed by atoms with Gasteiger partial charge in [0.15, 0.2) is 0 Å². The van der Waals surface area contributed by atoms with Crippen LogP contribution < -0.4 is 10.2 Å². The molecule has 6 nitrogen and oxygen atoms in total. The van der Waals surface area contributed by atoms with Crippen LogP contribution in [0, 0.1) is 6.92 Å². The SMILES string of the molecule is COCCCNc1cc(N2CCN(C)CC2)nc(C)n1. The van der Waals surface area contributed by atoms with Gasteiger partial charge in [0.2, 0.25) is 0 Å². The molecule has 0 atom stereocenters.